The second-order valence-electron chi connectivity index (χ2n) is 4.31. The Labute approximate surface area is 121 Å². The highest BCUT2D eigenvalue weighted by Gasteiger charge is 2.08. The van der Waals surface area contributed by atoms with Gasteiger partial charge < -0.3 is 16.4 Å². The van der Waals surface area contributed by atoms with Crippen LogP contribution in [0.1, 0.15) is 15.9 Å². The summed E-state index contributed by atoms with van der Waals surface area (Å²) in [5.41, 5.74) is 7.67. The fraction of sp³-hybridized carbons (Fsp3) is 0.0667. The van der Waals surface area contributed by atoms with Crippen LogP contribution in [0.2, 0.25) is 0 Å². The fourth-order valence-corrected chi connectivity index (χ4v) is 1.79. The van der Waals surface area contributed by atoms with Gasteiger partial charge >= 0.3 is 0 Å². The number of carbonyl (C=O) groups is 1. The van der Waals surface area contributed by atoms with Crippen molar-refractivity contribution >= 4 is 23.0 Å². The number of anilines is 3. The number of nitrogen functional groups attached to an aromatic ring is 1. The van der Waals surface area contributed by atoms with Crippen molar-refractivity contribution in [3.05, 3.63) is 53.3 Å². The molecule has 21 heavy (non-hydrogen) atoms. The summed E-state index contributed by atoms with van der Waals surface area (Å²) < 4.78 is 13.3. The molecule has 0 bridgehead atoms. The lowest BCUT2D eigenvalue weighted by Crippen LogP contribution is -2.17. The molecule has 0 atom stereocenters. The lowest BCUT2D eigenvalue weighted by atomic mass is 10.1. The van der Waals surface area contributed by atoms with E-state index in [1.807, 2.05) is 0 Å². The minimum atomic E-state index is -0.588. The monoisotopic (exact) mass is 284 g/mol. The highest BCUT2D eigenvalue weighted by Crippen LogP contribution is 2.25. The van der Waals surface area contributed by atoms with Gasteiger partial charge in [0.05, 0.1) is 16.9 Å². The van der Waals surface area contributed by atoms with E-state index in [-0.39, 0.29) is 11.5 Å². The van der Waals surface area contributed by atoms with Crippen LogP contribution in [0.15, 0.2) is 36.4 Å². The van der Waals surface area contributed by atoms with E-state index in [1.54, 1.807) is 24.3 Å². The first-order valence-electron chi connectivity index (χ1n) is 6.13. The van der Waals surface area contributed by atoms with Crippen LogP contribution in [0.25, 0.3) is 0 Å². The van der Waals surface area contributed by atoms with Gasteiger partial charge in [-0.05, 0) is 36.4 Å². The zero-order valence-electron chi connectivity index (χ0n) is 11.3. The number of carbonyl (C=O) groups excluding carboxylic acids is 1. The first-order valence-corrected chi connectivity index (χ1v) is 6.13. The molecule has 0 unspecified atom stereocenters. The summed E-state index contributed by atoms with van der Waals surface area (Å²) in [5, 5.41) is 14.3. The van der Waals surface area contributed by atoms with E-state index in [4.69, 9.17) is 11.0 Å². The number of benzene rings is 2. The van der Waals surface area contributed by atoms with Crippen LogP contribution in [-0.2, 0) is 0 Å². The standard InChI is InChI=1S/C15H13FN4O/c1-19-15(21)9-2-5-13(18)14(7-9)20-11-3-4-12(16)10(6-11)8-17/h2-7,20H,18H2,1H3,(H,19,21). The maximum absolute atomic E-state index is 13.3. The lowest BCUT2D eigenvalue weighted by molar-refractivity contribution is 0.0963. The number of rotatable bonds is 3. The summed E-state index contributed by atoms with van der Waals surface area (Å²) in [4.78, 5) is 11.6. The summed E-state index contributed by atoms with van der Waals surface area (Å²) in [5.74, 6) is -0.829. The number of nitrogens with zero attached hydrogens (tertiary/aromatic N) is 1. The summed E-state index contributed by atoms with van der Waals surface area (Å²) in [7, 11) is 1.53. The van der Waals surface area contributed by atoms with Gasteiger partial charge in [0.15, 0.2) is 0 Å². The van der Waals surface area contributed by atoms with Gasteiger partial charge in [-0.2, -0.15) is 5.26 Å². The quantitative estimate of drug-likeness (QED) is 0.755. The van der Waals surface area contributed by atoms with Gasteiger partial charge in [0.1, 0.15) is 11.9 Å². The van der Waals surface area contributed by atoms with Gasteiger partial charge in [0.2, 0.25) is 0 Å². The van der Waals surface area contributed by atoms with Gasteiger partial charge in [0, 0.05) is 18.3 Å². The third-order valence-corrected chi connectivity index (χ3v) is 2.91. The molecule has 2 aromatic carbocycles. The molecule has 0 spiro atoms. The van der Waals surface area contributed by atoms with Crippen molar-refractivity contribution in [3.63, 3.8) is 0 Å². The Hall–Kier alpha value is -3.07. The van der Waals surface area contributed by atoms with E-state index < -0.39 is 5.82 Å². The van der Waals surface area contributed by atoms with E-state index in [1.165, 1.54) is 25.2 Å². The molecule has 6 heteroatoms. The molecule has 0 saturated carbocycles. The fourth-order valence-electron chi connectivity index (χ4n) is 1.79. The molecule has 2 aromatic rings. The minimum Gasteiger partial charge on any atom is -0.397 e. The molecule has 0 radical (unpaired) electrons. The largest absolute Gasteiger partial charge is 0.397 e. The number of nitrogens with one attached hydrogen (secondary N) is 2. The summed E-state index contributed by atoms with van der Waals surface area (Å²) in [6.45, 7) is 0. The van der Waals surface area contributed by atoms with Crippen molar-refractivity contribution in [1.82, 2.24) is 5.32 Å². The molecule has 0 aliphatic carbocycles. The normalized spacial score (nSPS) is 9.76. The van der Waals surface area contributed by atoms with Crippen LogP contribution in [0.5, 0.6) is 0 Å². The van der Waals surface area contributed by atoms with Crippen molar-refractivity contribution in [1.29, 1.82) is 5.26 Å². The Balaban J connectivity index is 2.35. The molecule has 0 aliphatic heterocycles. The molecular formula is C15H13FN4O. The number of nitriles is 1. The molecule has 0 fully saturated rings. The van der Waals surface area contributed by atoms with Gasteiger partial charge in [-0.3, -0.25) is 4.79 Å². The maximum atomic E-state index is 13.3. The predicted molar refractivity (Wildman–Crippen MR) is 78.6 cm³/mol. The Bertz CT molecular complexity index is 737. The average Bonchev–Trinajstić information content (AvgIpc) is 2.50. The first kappa shape index (κ1) is 14.3. The molecule has 2 rings (SSSR count). The number of hydrogen-bond acceptors (Lipinski definition) is 4. The second kappa shape index (κ2) is 5.92. The Morgan fingerprint density at radius 1 is 1.29 bits per heavy atom. The van der Waals surface area contributed by atoms with Crippen molar-refractivity contribution < 1.29 is 9.18 Å². The molecule has 4 N–H and O–H groups in total. The predicted octanol–water partition coefficient (Wildman–Crippen LogP) is 2.38. The summed E-state index contributed by atoms with van der Waals surface area (Å²) in [6, 6.07) is 10.6. The molecule has 5 nitrogen and oxygen atoms in total. The van der Waals surface area contributed by atoms with Crippen molar-refractivity contribution in [2.75, 3.05) is 18.1 Å². The number of nitrogens with two attached hydrogens (primary N) is 1. The Morgan fingerprint density at radius 2 is 2.05 bits per heavy atom. The highest BCUT2D eigenvalue weighted by atomic mass is 19.1. The van der Waals surface area contributed by atoms with Gasteiger partial charge in [-0.15, -0.1) is 0 Å². The second-order valence-corrected chi connectivity index (χ2v) is 4.31. The first-order chi connectivity index (χ1) is 10.0. The number of hydrogen-bond donors (Lipinski definition) is 3. The smallest absolute Gasteiger partial charge is 0.251 e. The molecule has 1 amide bonds. The van der Waals surface area contributed by atoms with E-state index in [0.717, 1.165) is 0 Å². The topological polar surface area (TPSA) is 90.9 Å². The Morgan fingerprint density at radius 3 is 2.71 bits per heavy atom. The van der Waals surface area contributed by atoms with Gasteiger partial charge in [0.25, 0.3) is 5.91 Å². The van der Waals surface area contributed by atoms with Crippen LogP contribution in [0.4, 0.5) is 21.5 Å². The summed E-state index contributed by atoms with van der Waals surface area (Å²) in [6.07, 6.45) is 0. The van der Waals surface area contributed by atoms with Gasteiger partial charge in [-0.25, -0.2) is 4.39 Å². The van der Waals surface area contributed by atoms with Crippen LogP contribution in [-0.4, -0.2) is 13.0 Å². The zero-order chi connectivity index (χ0) is 15.4. The molecule has 0 heterocycles. The summed E-state index contributed by atoms with van der Waals surface area (Å²) >= 11 is 0. The average molecular weight is 284 g/mol. The zero-order valence-corrected chi connectivity index (χ0v) is 11.3. The third-order valence-electron chi connectivity index (χ3n) is 2.91. The number of amides is 1. The molecule has 0 aliphatic rings. The van der Waals surface area contributed by atoms with E-state index in [9.17, 15) is 9.18 Å². The van der Waals surface area contributed by atoms with Crippen LogP contribution in [0, 0.1) is 17.1 Å². The molecule has 0 aromatic heterocycles. The van der Waals surface area contributed by atoms with E-state index in [0.29, 0.717) is 22.6 Å². The molecular weight excluding hydrogens is 271 g/mol. The van der Waals surface area contributed by atoms with Crippen LogP contribution < -0.4 is 16.4 Å². The van der Waals surface area contributed by atoms with Crippen LogP contribution in [0.3, 0.4) is 0 Å². The highest BCUT2D eigenvalue weighted by molar-refractivity contribution is 5.96. The van der Waals surface area contributed by atoms with E-state index in [2.05, 4.69) is 10.6 Å². The molecule has 0 saturated heterocycles. The maximum Gasteiger partial charge on any atom is 0.251 e. The third kappa shape index (κ3) is 3.09. The van der Waals surface area contributed by atoms with Gasteiger partial charge in [-0.1, -0.05) is 0 Å². The minimum absolute atomic E-state index is 0.0685. The van der Waals surface area contributed by atoms with Crippen LogP contribution >= 0.6 is 0 Å². The number of halogens is 1. The Kier molecular flexibility index (Phi) is 4.05. The molecule has 106 valence electrons. The van der Waals surface area contributed by atoms with E-state index >= 15 is 0 Å². The van der Waals surface area contributed by atoms with Crippen molar-refractivity contribution in [2.45, 2.75) is 0 Å². The lowest BCUT2D eigenvalue weighted by Gasteiger charge is -2.11. The SMILES string of the molecule is CNC(=O)c1ccc(N)c(Nc2ccc(F)c(C#N)c2)c1. The van der Waals surface area contributed by atoms with Crippen molar-refractivity contribution in [2.24, 2.45) is 0 Å². The van der Waals surface area contributed by atoms with Crippen molar-refractivity contribution in [3.8, 4) is 6.07 Å².